The lowest BCUT2D eigenvalue weighted by Crippen LogP contribution is -2.50. The maximum absolute atomic E-state index is 12.7. The van der Waals surface area contributed by atoms with Crippen LogP contribution in [0.3, 0.4) is 0 Å². The fourth-order valence-electron chi connectivity index (χ4n) is 3.36. The Labute approximate surface area is 177 Å². The van der Waals surface area contributed by atoms with Gasteiger partial charge in [0.25, 0.3) is 0 Å². The molecule has 0 spiro atoms. The predicted octanol–water partition coefficient (Wildman–Crippen LogP) is 2.93. The number of methoxy groups -OCH3 is 1. The zero-order chi connectivity index (χ0) is 20.6. The molecule has 0 aliphatic carbocycles. The van der Waals surface area contributed by atoms with E-state index in [-0.39, 0.29) is 5.91 Å². The lowest BCUT2D eigenvalue weighted by Gasteiger charge is -2.33. The molecular formula is C22H31N3O3S. The molecule has 1 amide bonds. The summed E-state index contributed by atoms with van der Waals surface area (Å²) >= 11 is 1.68. The van der Waals surface area contributed by atoms with Crippen molar-refractivity contribution in [3.05, 3.63) is 46.2 Å². The lowest BCUT2D eigenvalue weighted by atomic mass is 10.2. The van der Waals surface area contributed by atoms with E-state index in [1.54, 1.807) is 18.4 Å². The molecule has 2 heterocycles. The Kier molecular flexibility index (Phi) is 7.91. The molecule has 7 heteroatoms. The highest BCUT2D eigenvalue weighted by atomic mass is 32.1. The fourth-order valence-corrected chi connectivity index (χ4v) is 3.97. The zero-order valence-corrected chi connectivity index (χ0v) is 18.4. The number of piperazine rings is 1. The van der Waals surface area contributed by atoms with Crippen LogP contribution in [0.25, 0.3) is 0 Å². The van der Waals surface area contributed by atoms with Gasteiger partial charge in [-0.05, 0) is 42.7 Å². The number of ether oxygens (including phenoxy) is 2. The summed E-state index contributed by atoms with van der Waals surface area (Å²) in [7, 11) is 3.76. The van der Waals surface area contributed by atoms with Crippen LogP contribution >= 0.6 is 11.3 Å². The van der Waals surface area contributed by atoms with Gasteiger partial charge >= 0.3 is 0 Å². The Hall–Kier alpha value is -2.09. The van der Waals surface area contributed by atoms with Crippen molar-refractivity contribution in [1.82, 2.24) is 14.7 Å². The van der Waals surface area contributed by atoms with Crippen molar-refractivity contribution >= 4 is 17.2 Å². The number of rotatable bonds is 9. The third-order valence-electron chi connectivity index (χ3n) is 5.25. The van der Waals surface area contributed by atoms with Crippen LogP contribution in [-0.4, -0.2) is 74.0 Å². The highest BCUT2D eigenvalue weighted by Crippen LogP contribution is 2.29. The van der Waals surface area contributed by atoms with Gasteiger partial charge in [0.05, 0.1) is 13.7 Å². The third kappa shape index (κ3) is 6.19. The molecule has 1 aromatic carbocycles. The first-order chi connectivity index (χ1) is 14.1. The molecule has 1 aliphatic rings. The van der Waals surface area contributed by atoms with Crippen molar-refractivity contribution in [3.63, 3.8) is 0 Å². The summed E-state index contributed by atoms with van der Waals surface area (Å²) in [6.45, 7) is 8.12. The molecule has 1 aliphatic heterocycles. The topological polar surface area (TPSA) is 45.3 Å². The summed E-state index contributed by atoms with van der Waals surface area (Å²) < 4.78 is 11.5. The summed E-state index contributed by atoms with van der Waals surface area (Å²) in [6, 6.07) is 10.1. The van der Waals surface area contributed by atoms with Gasteiger partial charge in [-0.1, -0.05) is 19.1 Å². The average Bonchev–Trinajstić information content (AvgIpc) is 3.26. The number of benzene rings is 1. The number of hydrogen-bond donors (Lipinski definition) is 0. The third-order valence-corrected chi connectivity index (χ3v) is 6.10. The van der Waals surface area contributed by atoms with Crippen LogP contribution in [0.15, 0.2) is 35.7 Å². The SMILES string of the molecule is CCN(CC(=O)N1CCN(C)CC1)Cc1ccc(OCc2cccs2)c(OC)c1. The van der Waals surface area contributed by atoms with Crippen LogP contribution < -0.4 is 9.47 Å². The maximum Gasteiger partial charge on any atom is 0.236 e. The maximum atomic E-state index is 12.7. The van der Waals surface area contributed by atoms with E-state index in [2.05, 4.69) is 35.9 Å². The molecule has 29 heavy (non-hydrogen) atoms. The normalized spacial score (nSPS) is 15.0. The van der Waals surface area contributed by atoms with Crippen LogP contribution in [0.1, 0.15) is 17.4 Å². The summed E-state index contributed by atoms with van der Waals surface area (Å²) in [4.78, 5) is 20.2. The van der Waals surface area contributed by atoms with E-state index in [1.165, 1.54) is 4.88 Å². The molecule has 1 fully saturated rings. The van der Waals surface area contributed by atoms with Crippen LogP contribution in [0, 0.1) is 0 Å². The molecule has 2 aromatic rings. The highest BCUT2D eigenvalue weighted by molar-refractivity contribution is 7.09. The number of thiophene rings is 1. The van der Waals surface area contributed by atoms with Gasteiger partial charge in [0.2, 0.25) is 5.91 Å². The summed E-state index contributed by atoms with van der Waals surface area (Å²) in [5.74, 6) is 1.67. The number of nitrogens with zero attached hydrogens (tertiary/aromatic N) is 3. The Balaban J connectivity index is 1.57. The smallest absolute Gasteiger partial charge is 0.236 e. The first-order valence-corrected chi connectivity index (χ1v) is 11.0. The quantitative estimate of drug-likeness (QED) is 0.628. The standard InChI is InChI=1S/C22H31N3O3S/c1-4-24(16-22(26)25-11-9-23(2)10-12-25)15-18-7-8-20(21(14-18)27-3)28-17-19-6-5-13-29-19/h5-8,13-14H,4,9-12,15-17H2,1-3H3. The Bertz CT molecular complexity index is 774. The fraction of sp³-hybridized carbons (Fsp3) is 0.500. The minimum absolute atomic E-state index is 0.211. The Morgan fingerprint density at radius 1 is 1.17 bits per heavy atom. The van der Waals surface area contributed by atoms with Crippen molar-refractivity contribution in [1.29, 1.82) is 0 Å². The van der Waals surface area contributed by atoms with Gasteiger partial charge in [-0.15, -0.1) is 11.3 Å². The second-order valence-corrected chi connectivity index (χ2v) is 8.37. The van der Waals surface area contributed by atoms with E-state index in [9.17, 15) is 4.79 Å². The molecule has 0 saturated carbocycles. The number of amides is 1. The van der Waals surface area contributed by atoms with E-state index in [0.29, 0.717) is 19.7 Å². The van der Waals surface area contributed by atoms with E-state index < -0.39 is 0 Å². The Morgan fingerprint density at radius 2 is 1.97 bits per heavy atom. The summed E-state index contributed by atoms with van der Waals surface area (Å²) in [5.41, 5.74) is 1.11. The van der Waals surface area contributed by atoms with Gasteiger partial charge in [-0.2, -0.15) is 0 Å². The van der Waals surface area contributed by atoms with Crippen molar-refractivity contribution in [2.45, 2.75) is 20.1 Å². The molecule has 0 unspecified atom stereocenters. The number of carbonyl (C=O) groups is 1. The van der Waals surface area contributed by atoms with Crippen molar-refractivity contribution in [2.24, 2.45) is 0 Å². The molecule has 1 saturated heterocycles. The molecule has 0 atom stereocenters. The van der Waals surface area contributed by atoms with Gasteiger partial charge in [-0.3, -0.25) is 9.69 Å². The monoisotopic (exact) mass is 417 g/mol. The average molecular weight is 418 g/mol. The summed E-state index contributed by atoms with van der Waals surface area (Å²) in [5, 5.41) is 2.04. The van der Waals surface area contributed by atoms with Crippen molar-refractivity contribution in [2.75, 3.05) is 53.4 Å². The molecule has 1 aromatic heterocycles. The van der Waals surface area contributed by atoms with Gasteiger partial charge in [0.15, 0.2) is 11.5 Å². The minimum atomic E-state index is 0.211. The molecule has 0 N–H and O–H groups in total. The van der Waals surface area contributed by atoms with Crippen molar-refractivity contribution in [3.8, 4) is 11.5 Å². The predicted molar refractivity (Wildman–Crippen MR) is 117 cm³/mol. The molecular weight excluding hydrogens is 386 g/mol. The van der Waals surface area contributed by atoms with E-state index in [1.807, 2.05) is 28.5 Å². The highest BCUT2D eigenvalue weighted by Gasteiger charge is 2.21. The molecule has 0 bridgehead atoms. The second-order valence-electron chi connectivity index (χ2n) is 7.34. The van der Waals surface area contributed by atoms with E-state index in [4.69, 9.17) is 9.47 Å². The van der Waals surface area contributed by atoms with Gasteiger partial charge in [0, 0.05) is 37.6 Å². The van der Waals surface area contributed by atoms with Crippen molar-refractivity contribution < 1.29 is 14.3 Å². The zero-order valence-electron chi connectivity index (χ0n) is 17.6. The minimum Gasteiger partial charge on any atom is -0.493 e. The number of hydrogen-bond acceptors (Lipinski definition) is 6. The molecule has 158 valence electrons. The van der Waals surface area contributed by atoms with Crippen LogP contribution in [0.4, 0.5) is 0 Å². The summed E-state index contributed by atoms with van der Waals surface area (Å²) in [6.07, 6.45) is 0. The van der Waals surface area contributed by atoms with Crippen LogP contribution in [0.2, 0.25) is 0 Å². The first-order valence-electron chi connectivity index (χ1n) is 10.1. The second kappa shape index (κ2) is 10.6. The van der Waals surface area contributed by atoms with E-state index >= 15 is 0 Å². The van der Waals surface area contributed by atoms with Gasteiger partial charge < -0.3 is 19.3 Å². The largest absolute Gasteiger partial charge is 0.493 e. The first kappa shape index (κ1) is 21.6. The Morgan fingerprint density at radius 3 is 2.62 bits per heavy atom. The molecule has 3 rings (SSSR count). The molecule has 0 radical (unpaired) electrons. The molecule has 6 nitrogen and oxygen atoms in total. The van der Waals surface area contributed by atoms with Gasteiger partial charge in [0.1, 0.15) is 6.61 Å². The van der Waals surface area contributed by atoms with E-state index in [0.717, 1.165) is 49.8 Å². The van der Waals surface area contributed by atoms with Crippen LogP contribution in [0.5, 0.6) is 11.5 Å². The van der Waals surface area contributed by atoms with Gasteiger partial charge in [-0.25, -0.2) is 0 Å². The lowest BCUT2D eigenvalue weighted by molar-refractivity contribution is -0.134. The number of likely N-dealkylation sites (N-methyl/N-ethyl adjacent to an activating group) is 2. The van der Waals surface area contributed by atoms with Crippen LogP contribution in [-0.2, 0) is 17.9 Å². The number of carbonyl (C=O) groups excluding carboxylic acids is 1.